The third-order valence-corrected chi connectivity index (χ3v) is 5.19. The molecule has 0 heterocycles. The van der Waals surface area contributed by atoms with Crippen molar-refractivity contribution in [2.24, 2.45) is 11.8 Å². The van der Waals surface area contributed by atoms with Gasteiger partial charge in [0.1, 0.15) is 0 Å². The van der Waals surface area contributed by atoms with Gasteiger partial charge in [-0.15, -0.1) is 0 Å². The van der Waals surface area contributed by atoms with Crippen LogP contribution >= 0.6 is 0 Å². The molecule has 1 fully saturated rings. The van der Waals surface area contributed by atoms with Crippen molar-refractivity contribution < 1.29 is 14.6 Å². The first-order valence-electron chi connectivity index (χ1n) is 9.02. The highest BCUT2D eigenvalue weighted by atomic mass is 16.5. The third-order valence-electron chi connectivity index (χ3n) is 5.19. The molecular weight excluding hydrogens is 314 g/mol. The minimum Gasteiger partial charge on any atom is -0.469 e. The number of benzene rings is 1. The molecule has 1 aliphatic rings. The molecule has 1 aromatic carbocycles. The number of hydrogen-bond acceptors (Lipinski definition) is 4. The van der Waals surface area contributed by atoms with E-state index < -0.39 is 0 Å². The van der Waals surface area contributed by atoms with Crippen LogP contribution in [0, 0.1) is 23.2 Å². The van der Waals surface area contributed by atoms with Gasteiger partial charge in [-0.25, -0.2) is 0 Å². The van der Waals surface area contributed by atoms with Crippen LogP contribution in [0.3, 0.4) is 0 Å². The monoisotopic (exact) mass is 341 g/mol. The van der Waals surface area contributed by atoms with Crippen molar-refractivity contribution in [3.8, 4) is 6.07 Å². The quantitative estimate of drug-likeness (QED) is 0.787. The van der Waals surface area contributed by atoms with E-state index in [1.165, 1.54) is 12.7 Å². The highest BCUT2D eigenvalue weighted by Gasteiger charge is 2.27. The van der Waals surface area contributed by atoms with Crippen LogP contribution < -0.4 is 0 Å². The molecule has 0 atom stereocenters. The molecule has 0 amide bonds. The van der Waals surface area contributed by atoms with Gasteiger partial charge in [-0.3, -0.25) is 4.79 Å². The van der Waals surface area contributed by atoms with Crippen LogP contribution in [0.4, 0.5) is 0 Å². The molecule has 0 aromatic heterocycles. The summed E-state index contributed by atoms with van der Waals surface area (Å²) in [5.41, 5.74) is 3.70. The van der Waals surface area contributed by atoms with Gasteiger partial charge in [0.05, 0.1) is 31.3 Å². The first-order valence-corrected chi connectivity index (χ1v) is 9.02. The summed E-state index contributed by atoms with van der Waals surface area (Å²) >= 11 is 0. The Hall–Kier alpha value is -2.12. The summed E-state index contributed by atoms with van der Waals surface area (Å²) in [6.45, 7) is 2.08. The third kappa shape index (κ3) is 5.17. The van der Waals surface area contributed by atoms with Crippen molar-refractivity contribution in [1.29, 1.82) is 5.26 Å². The lowest BCUT2D eigenvalue weighted by Crippen LogP contribution is -2.23. The van der Waals surface area contributed by atoms with E-state index >= 15 is 0 Å². The van der Waals surface area contributed by atoms with E-state index in [1.807, 2.05) is 6.07 Å². The second kappa shape index (κ2) is 9.39. The zero-order valence-electron chi connectivity index (χ0n) is 15.1. The number of methoxy groups -OCH3 is 1. The van der Waals surface area contributed by atoms with E-state index in [0.717, 1.165) is 49.7 Å². The van der Waals surface area contributed by atoms with Crippen LogP contribution in [0.2, 0.25) is 0 Å². The van der Waals surface area contributed by atoms with Gasteiger partial charge >= 0.3 is 5.97 Å². The maximum absolute atomic E-state index is 11.6. The Morgan fingerprint density at radius 3 is 2.64 bits per heavy atom. The van der Waals surface area contributed by atoms with Crippen molar-refractivity contribution in [3.63, 3.8) is 0 Å². The predicted octanol–water partition coefficient (Wildman–Crippen LogP) is 4.21. The second-order valence-electron chi connectivity index (χ2n) is 6.78. The van der Waals surface area contributed by atoms with E-state index in [9.17, 15) is 9.90 Å². The summed E-state index contributed by atoms with van der Waals surface area (Å²) in [5.74, 6) is 0.591. The van der Waals surface area contributed by atoms with Gasteiger partial charge in [0, 0.05) is 0 Å². The minimum atomic E-state index is -0.0742. The molecule has 0 spiro atoms. The Morgan fingerprint density at radius 2 is 2.08 bits per heavy atom. The molecule has 0 aliphatic heterocycles. The van der Waals surface area contributed by atoms with Gasteiger partial charge in [-0.1, -0.05) is 24.6 Å². The van der Waals surface area contributed by atoms with Crippen LogP contribution in [0.1, 0.15) is 62.1 Å². The Kier molecular flexibility index (Phi) is 7.21. The molecule has 4 heteroatoms. The van der Waals surface area contributed by atoms with E-state index in [2.05, 4.69) is 19.1 Å². The predicted molar refractivity (Wildman–Crippen MR) is 97.4 cm³/mol. The number of ether oxygens (including phenoxy) is 1. The van der Waals surface area contributed by atoms with E-state index in [4.69, 9.17) is 10.00 Å². The molecule has 4 nitrogen and oxygen atoms in total. The zero-order valence-corrected chi connectivity index (χ0v) is 15.1. The van der Waals surface area contributed by atoms with Crippen molar-refractivity contribution in [3.05, 3.63) is 40.5 Å². The number of nitriles is 1. The summed E-state index contributed by atoms with van der Waals surface area (Å²) in [4.78, 5) is 11.6. The number of nitrogens with zero attached hydrogens (tertiary/aromatic N) is 1. The smallest absolute Gasteiger partial charge is 0.308 e. The number of hydrogen-bond donors (Lipinski definition) is 1. The fourth-order valence-electron chi connectivity index (χ4n) is 3.62. The molecular formula is C21H27NO3. The van der Waals surface area contributed by atoms with Crippen molar-refractivity contribution in [2.75, 3.05) is 7.11 Å². The van der Waals surface area contributed by atoms with Gasteiger partial charge < -0.3 is 9.84 Å². The maximum Gasteiger partial charge on any atom is 0.308 e. The topological polar surface area (TPSA) is 70.3 Å². The second-order valence-corrected chi connectivity index (χ2v) is 6.78. The van der Waals surface area contributed by atoms with E-state index in [-0.39, 0.29) is 18.5 Å². The van der Waals surface area contributed by atoms with Crippen LogP contribution in [-0.4, -0.2) is 18.2 Å². The maximum atomic E-state index is 11.6. The van der Waals surface area contributed by atoms with Crippen LogP contribution in [-0.2, 0) is 16.1 Å². The Morgan fingerprint density at radius 1 is 1.36 bits per heavy atom. The molecule has 0 bridgehead atoms. The fourth-order valence-corrected chi connectivity index (χ4v) is 3.62. The lowest BCUT2D eigenvalue weighted by molar-refractivity contribution is -0.146. The number of carbonyl (C=O) groups excluding carboxylic acids is 1. The van der Waals surface area contributed by atoms with E-state index in [0.29, 0.717) is 11.5 Å². The van der Waals surface area contributed by atoms with Gasteiger partial charge in [0.2, 0.25) is 0 Å². The minimum absolute atomic E-state index is 0.0647. The number of carbonyl (C=O) groups is 1. The Labute approximate surface area is 150 Å². The van der Waals surface area contributed by atoms with Gasteiger partial charge in [-0.05, 0) is 67.7 Å². The molecule has 2 rings (SSSR count). The van der Waals surface area contributed by atoms with Crippen LogP contribution in [0.25, 0.3) is 6.08 Å². The standard InChI is InChI=1S/C21H27NO3/c1-3-15(10-16-4-7-18(8-5-16)21(24)25-2)11-19-9-6-17(13-22)12-20(19)14-23/h6,9,11-12,16,18,23H,3-5,7-8,10,14H2,1-2H3. The number of aliphatic hydroxyl groups is 1. The average Bonchev–Trinajstić information content (AvgIpc) is 2.67. The number of rotatable bonds is 6. The van der Waals surface area contributed by atoms with Crippen LogP contribution in [0.5, 0.6) is 0 Å². The lowest BCUT2D eigenvalue weighted by Gasteiger charge is -2.27. The summed E-state index contributed by atoms with van der Waals surface area (Å²) in [5, 5.41) is 18.6. The SMILES string of the molecule is CCC(=Cc1ccc(C#N)cc1CO)CC1CCC(C(=O)OC)CC1. The van der Waals surface area contributed by atoms with Gasteiger partial charge in [-0.2, -0.15) is 5.26 Å². The van der Waals surface area contributed by atoms with Crippen molar-refractivity contribution in [2.45, 2.75) is 52.1 Å². The van der Waals surface area contributed by atoms with Gasteiger partial charge in [0.15, 0.2) is 0 Å². The Bertz CT molecular complexity index is 664. The lowest BCUT2D eigenvalue weighted by atomic mass is 9.78. The van der Waals surface area contributed by atoms with E-state index in [1.54, 1.807) is 12.1 Å². The molecule has 1 aromatic rings. The first-order chi connectivity index (χ1) is 12.1. The first kappa shape index (κ1) is 19.2. The number of esters is 1. The molecule has 1 aliphatic carbocycles. The molecule has 1 saturated carbocycles. The normalized spacial score (nSPS) is 20.8. The summed E-state index contributed by atoms with van der Waals surface area (Å²) in [6.07, 6.45) is 8.06. The zero-order chi connectivity index (χ0) is 18.2. The molecule has 25 heavy (non-hydrogen) atoms. The summed E-state index contributed by atoms with van der Waals surface area (Å²) in [6, 6.07) is 7.56. The number of aliphatic hydroxyl groups excluding tert-OH is 1. The largest absolute Gasteiger partial charge is 0.469 e. The van der Waals surface area contributed by atoms with Crippen LogP contribution in [0.15, 0.2) is 23.8 Å². The molecule has 134 valence electrons. The Balaban J connectivity index is 2.05. The van der Waals surface area contributed by atoms with Crippen molar-refractivity contribution >= 4 is 12.0 Å². The molecule has 0 saturated heterocycles. The van der Waals surface area contributed by atoms with Gasteiger partial charge in [0.25, 0.3) is 0 Å². The fraction of sp³-hybridized carbons (Fsp3) is 0.524. The average molecular weight is 341 g/mol. The molecule has 0 radical (unpaired) electrons. The number of allylic oxidation sites excluding steroid dienone is 1. The highest BCUT2D eigenvalue weighted by molar-refractivity contribution is 5.72. The molecule has 0 unspecified atom stereocenters. The highest BCUT2D eigenvalue weighted by Crippen LogP contribution is 2.34. The summed E-state index contributed by atoms with van der Waals surface area (Å²) in [7, 11) is 1.46. The molecule has 1 N–H and O–H groups in total. The van der Waals surface area contributed by atoms with Crippen molar-refractivity contribution in [1.82, 2.24) is 0 Å². The summed E-state index contributed by atoms with van der Waals surface area (Å²) < 4.78 is 4.85.